The van der Waals surface area contributed by atoms with E-state index in [0.717, 1.165) is 74.0 Å². The van der Waals surface area contributed by atoms with E-state index in [0.29, 0.717) is 5.11 Å². The van der Waals surface area contributed by atoms with Crippen molar-refractivity contribution in [2.45, 2.75) is 19.4 Å². The maximum Gasteiger partial charge on any atom is 0.174 e. The number of hydrogen-bond donors (Lipinski definition) is 1. The van der Waals surface area contributed by atoms with E-state index in [-0.39, 0.29) is 6.04 Å². The lowest BCUT2D eigenvalue weighted by Gasteiger charge is -2.32. The van der Waals surface area contributed by atoms with Gasteiger partial charge in [-0.1, -0.05) is 30.3 Å². The van der Waals surface area contributed by atoms with E-state index in [1.807, 2.05) is 42.5 Å². The fourth-order valence-corrected chi connectivity index (χ4v) is 4.42. The molecule has 0 amide bonds. The van der Waals surface area contributed by atoms with Crippen LogP contribution in [0.25, 0.3) is 11.0 Å². The molecule has 1 aromatic heterocycles. The van der Waals surface area contributed by atoms with Crippen LogP contribution in [0.15, 0.2) is 59.0 Å². The van der Waals surface area contributed by atoms with Crippen LogP contribution in [0.2, 0.25) is 0 Å². The Bertz CT molecular complexity index is 999. The summed E-state index contributed by atoms with van der Waals surface area (Å²) in [7, 11) is 1.67. The van der Waals surface area contributed by atoms with E-state index in [2.05, 4.69) is 34.2 Å². The number of furan rings is 1. The number of methoxy groups -OCH3 is 1. The Morgan fingerprint density at radius 2 is 1.91 bits per heavy atom. The number of thiocarbonyl (C=S) groups is 1. The summed E-state index contributed by atoms with van der Waals surface area (Å²) in [6.45, 7) is 7.58. The number of fused-ring (bicyclic) bond motifs is 1. The third-order valence-electron chi connectivity index (χ3n) is 5.91. The first-order valence-electron chi connectivity index (χ1n) is 11.1. The van der Waals surface area contributed by atoms with Gasteiger partial charge in [-0.05, 0) is 49.8 Å². The summed E-state index contributed by atoms with van der Waals surface area (Å²) in [5, 5.41) is 5.15. The molecule has 2 aromatic carbocycles. The Kier molecular flexibility index (Phi) is 7.63. The highest BCUT2D eigenvalue weighted by Crippen LogP contribution is 2.29. The lowest BCUT2D eigenvalue weighted by molar-refractivity contribution is 0.0365. The van der Waals surface area contributed by atoms with Crippen molar-refractivity contribution in [3.05, 3.63) is 60.4 Å². The number of nitrogens with zero attached hydrogens (tertiary/aromatic N) is 2. The molecule has 0 saturated carbocycles. The number of rotatable bonds is 8. The molecule has 0 spiro atoms. The average Bonchev–Trinajstić information content (AvgIpc) is 3.27. The summed E-state index contributed by atoms with van der Waals surface area (Å²) in [5.41, 5.74) is 1.75. The fraction of sp³-hybridized carbons (Fsp3) is 0.400. The molecule has 0 bridgehead atoms. The largest absolute Gasteiger partial charge is 0.495 e. The normalized spacial score (nSPS) is 15.4. The minimum Gasteiger partial charge on any atom is -0.495 e. The van der Waals surface area contributed by atoms with Gasteiger partial charge in [0.05, 0.1) is 32.1 Å². The van der Waals surface area contributed by atoms with Crippen LogP contribution in [0.5, 0.6) is 5.75 Å². The van der Waals surface area contributed by atoms with E-state index >= 15 is 0 Å². The monoisotopic (exact) mass is 453 g/mol. The molecule has 1 fully saturated rings. The quantitative estimate of drug-likeness (QED) is 0.486. The molecule has 2 heterocycles. The molecule has 4 rings (SSSR count). The Morgan fingerprint density at radius 1 is 1.16 bits per heavy atom. The fourth-order valence-electron chi connectivity index (χ4n) is 4.06. The van der Waals surface area contributed by atoms with Crippen molar-refractivity contribution in [1.82, 2.24) is 9.80 Å². The molecule has 32 heavy (non-hydrogen) atoms. The topological polar surface area (TPSA) is 50.1 Å². The van der Waals surface area contributed by atoms with Crippen LogP contribution in [-0.2, 0) is 4.74 Å². The van der Waals surface area contributed by atoms with Crippen LogP contribution >= 0.6 is 12.2 Å². The number of nitrogens with one attached hydrogen (secondary N) is 1. The molecule has 1 aliphatic heterocycles. The predicted octanol–water partition coefficient (Wildman–Crippen LogP) is 4.92. The maximum atomic E-state index is 6.17. The van der Waals surface area contributed by atoms with Gasteiger partial charge >= 0.3 is 0 Å². The molecular weight excluding hydrogens is 422 g/mol. The summed E-state index contributed by atoms with van der Waals surface area (Å²) in [5.74, 6) is 1.67. The molecule has 3 aromatic rings. The van der Waals surface area contributed by atoms with E-state index in [1.165, 1.54) is 0 Å². The first-order chi connectivity index (χ1) is 15.7. The summed E-state index contributed by atoms with van der Waals surface area (Å²) < 4.78 is 17.1. The number of hydrogen-bond acceptors (Lipinski definition) is 5. The summed E-state index contributed by atoms with van der Waals surface area (Å²) in [6.07, 6.45) is 0.998. The Hall–Kier alpha value is -2.61. The predicted molar refractivity (Wildman–Crippen MR) is 132 cm³/mol. The van der Waals surface area contributed by atoms with Gasteiger partial charge in [-0.25, -0.2) is 0 Å². The SMILES string of the molecule is COc1ccccc1NC(=S)N(CCCN1CCOCC1)[C@@H](C)c1cc2ccccc2o1. The molecule has 6 nitrogen and oxygen atoms in total. The molecule has 0 unspecified atom stereocenters. The standard InChI is InChI=1S/C25H31N3O3S/c1-19(24-18-20-8-3-5-10-22(20)31-24)28(13-7-12-27-14-16-30-17-15-27)25(32)26-21-9-4-6-11-23(21)29-2/h3-6,8-11,18-19H,7,12-17H2,1-2H3,(H,26,32)/t19-/m0/s1. The van der Waals surface area contributed by atoms with Crippen molar-refractivity contribution in [2.75, 3.05) is 51.8 Å². The van der Waals surface area contributed by atoms with Gasteiger partial charge in [0.2, 0.25) is 0 Å². The Balaban J connectivity index is 1.51. The summed E-state index contributed by atoms with van der Waals surface area (Å²) >= 11 is 5.88. The molecule has 1 saturated heterocycles. The van der Waals surface area contributed by atoms with Crippen molar-refractivity contribution in [3.8, 4) is 5.75 Å². The van der Waals surface area contributed by atoms with Gasteiger partial charge in [0.1, 0.15) is 17.1 Å². The second kappa shape index (κ2) is 10.8. The van der Waals surface area contributed by atoms with Crippen LogP contribution in [0.3, 0.4) is 0 Å². The van der Waals surface area contributed by atoms with Crippen molar-refractivity contribution in [2.24, 2.45) is 0 Å². The average molecular weight is 454 g/mol. The number of morpholine rings is 1. The third kappa shape index (κ3) is 5.41. The van der Waals surface area contributed by atoms with Crippen LogP contribution in [0.4, 0.5) is 5.69 Å². The first kappa shape index (κ1) is 22.6. The van der Waals surface area contributed by atoms with E-state index < -0.39 is 0 Å². The maximum absolute atomic E-state index is 6.17. The second-order valence-corrected chi connectivity index (χ2v) is 8.38. The highest BCUT2D eigenvalue weighted by atomic mass is 32.1. The van der Waals surface area contributed by atoms with Crippen molar-refractivity contribution in [3.63, 3.8) is 0 Å². The highest BCUT2D eigenvalue weighted by molar-refractivity contribution is 7.80. The molecule has 1 N–H and O–H groups in total. The minimum absolute atomic E-state index is 0.0122. The minimum atomic E-state index is -0.0122. The number of benzene rings is 2. The smallest absolute Gasteiger partial charge is 0.174 e. The van der Waals surface area contributed by atoms with Crippen molar-refractivity contribution < 1.29 is 13.9 Å². The van der Waals surface area contributed by atoms with E-state index in [9.17, 15) is 0 Å². The molecular formula is C25H31N3O3S. The zero-order chi connectivity index (χ0) is 22.3. The number of anilines is 1. The van der Waals surface area contributed by atoms with Crippen molar-refractivity contribution >= 4 is 34.0 Å². The first-order valence-corrected chi connectivity index (χ1v) is 11.6. The van der Waals surface area contributed by atoms with Gasteiger partial charge in [-0.3, -0.25) is 4.90 Å². The summed E-state index contributed by atoms with van der Waals surface area (Å²) in [4.78, 5) is 4.66. The highest BCUT2D eigenvalue weighted by Gasteiger charge is 2.23. The Labute approximate surface area is 195 Å². The van der Waals surface area contributed by atoms with Gasteiger partial charge < -0.3 is 24.1 Å². The second-order valence-electron chi connectivity index (χ2n) is 7.99. The third-order valence-corrected chi connectivity index (χ3v) is 6.25. The van der Waals surface area contributed by atoms with Crippen LogP contribution in [0.1, 0.15) is 25.1 Å². The molecule has 170 valence electrons. The van der Waals surface area contributed by atoms with Gasteiger partial charge in [0.15, 0.2) is 5.11 Å². The zero-order valence-corrected chi connectivity index (χ0v) is 19.6. The van der Waals surface area contributed by atoms with Gasteiger partial charge in [-0.15, -0.1) is 0 Å². The van der Waals surface area contributed by atoms with Gasteiger partial charge in [0, 0.05) is 31.6 Å². The van der Waals surface area contributed by atoms with Crippen molar-refractivity contribution in [1.29, 1.82) is 0 Å². The van der Waals surface area contributed by atoms with Gasteiger partial charge in [-0.2, -0.15) is 0 Å². The van der Waals surface area contributed by atoms with Crippen LogP contribution < -0.4 is 10.1 Å². The zero-order valence-electron chi connectivity index (χ0n) is 18.8. The number of ether oxygens (including phenoxy) is 2. The lowest BCUT2D eigenvalue weighted by Crippen LogP contribution is -2.41. The molecule has 0 aliphatic carbocycles. The van der Waals surface area contributed by atoms with Gasteiger partial charge in [0.25, 0.3) is 0 Å². The molecule has 7 heteroatoms. The van der Waals surface area contributed by atoms with E-state index in [4.69, 9.17) is 26.1 Å². The summed E-state index contributed by atoms with van der Waals surface area (Å²) in [6, 6.07) is 18.0. The Morgan fingerprint density at radius 3 is 2.69 bits per heavy atom. The van der Waals surface area contributed by atoms with Crippen LogP contribution in [-0.4, -0.2) is 61.4 Å². The molecule has 1 atom stereocenters. The molecule has 0 radical (unpaired) electrons. The lowest BCUT2D eigenvalue weighted by atomic mass is 10.2. The van der Waals surface area contributed by atoms with E-state index in [1.54, 1.807) is 7.11 Å². The van der Waals surface area contributed by atoms with Crippen LogP contribution in [0, 0.1) is 0 Å². The molecule has 1 aliphatic rings. The number of para-hydroxylation sites is 3.